The second-order valence-corrected chi connectivity index (χ2v) is 11.3. The number of rotatable bonds is 9. The Morgan fingerprint density at radius 2 is 1.80 bits per heavy atom. The number of benzene rings is 2. The Morgan fingerprint density at radius 1 is 1.07 bits per heavy atom. The molecule has 2 saturated carbocycles. The molecule has 2 heterocycles. The molecule has 0 bridgehead atoms. The van der Waals surface area contributed by atoms with Crippen molar-refractivity contribution in [1.29, 1.82) is 0 Å². The van der Waals surface area contributed by atoms with E-state index in [-0.39, 0.29) is 11.8 Å². The maximum atomic E-state index is 12.8. The SMILES string of the molecule is CCOC(=O)c1cc(C)c2cc(C3CC3)n(Cc3ccc(-c4ccccc4N(C(=O)C4CC4)S(=O)[O-])cc3)c2n1. The number of amides is 1. The van der Waals surface area contributed by atoms with Crippen molar-refractivity contribution in [2.45, 2.75) is 52.0 Å². The Balaban J connectivity index is 1.34. The molecule has 9 heteroatoms. The second kappa shape index (κ2) is 10.6. The number of carbonyl (C=O) groups is 2. The normalized spacial score (nSPS) is 15.7. The lowest BCUT2D eigenvalue weighted by atomic mass is 10.0. The highest BCUT2D eigenvalue weighted by Crippen LogP contribution is 2.43. The molecular formula is C31H30N3O5S-. The zero-order valence-corrected chi connectivity index (χ0v) is 23.3. The third-order valence-electron chi connectivity index (χ3n) is 7.59. The standard InChI is InChI=1S/C31H31N3O5S/c1-3-39-31(36)26-16-19(2)25-17-28(22-12-13-22)33(29(25)32-26)18-20-8-10-21(11-9-20)24-6-4-5-7-27(24)34(40(37)38)30(35)23-14-15-23/h4-11,16-17,22-23H,3,12-15,18H2,1-2H3,(H,37,38)/p-1. The van der Waals surface area contributed by atoms with Gasteiger partial charge in [0.2, 0.25) is 5.91 Å². The largest absolute Gasteiger partial charge is 0.755 e. The van der Waals surface area contributed by atoms with E-state index in [0.29, 0.717) is 36.0 Å². The Morgan fingerprint density at radius 3 is 2.45 bits per heavy atom. The van der Waals surface area contributed by atoms with Crippen molar-refractivity contribution >= 4 is 39.9 Å². The summed E-state index contributed by atoms with van der Waals surface area (Å²) in [7, 11) is 0. The van der Waals surface area contributed by atoms with Crippen LogP contribution >= 0.6 is 0 Å². The van der Waals surface area contributed by atoms with Crippen molar-refractivity contribution < 1.29 is 23.1 Å². The number of anilines is 1. The molecule has 1 amide bonds. The van der Waals surface area contributed by atoms with Gasteiger partial charge >= 0.3 is 5.97 Å². The van der Waals surface area contributed by atoms with Crippen LogP contribution in [0.2, 0.25) is 0 Å². The molecule has 8 nitrogen and oxygen atoms in total. The van der Waals surface area contributed by atoms with Crippen LogP contribution in [0.25, 0.3) is 22.2 Å². The minimum absolute atomic E-state index is 0.230. The zero-order chi connectivity index (χ0) is 28.0. The summed E-state index contributed by atoms with van der Waals surface area (Å²) in [6.45, 7) is 4.64. The number of aromatic nitrogens is 2. The van der Waals surface area contributed by atoms with E-state index in [1.807, 2.05) is 43.3 Å². The summed E-state index contributed by atoms with van der Waals surface area (Å²) in [6.07, 6.45) is 3.70. The van der Waals surface area contributed by atoms with Crippen LogP contribution in [0, 0.1) is 12.8 Å². The van der Waals surface area contributed by atoms with Crippen LogP contribution in [0.5, 0.6) is 0 Å². The highest BCUT2D eigenvalue weighted by molar-refractivity contribution is 7.81. The predicted octanol–water partition coefficient (Wildman–Crippen LogP) is 5.65. The number of pyridine rings is 1. The van der Waals surface area contributed by atoms with Crippen LogP contribution in [-0.2, 0) is 27.3 Å². The molecule has 2 fully saturated rings. The molecular weight excluding hydrogens is 526 g/mol. The van der Waals surface area contributed by atoms with E-state index in [4.69, 9.17) is 9.72 Å². The van der Waals surface area contributed by atoms with Crippen LogP contribution in [-0.4, -0.2) is 36.8 Å². The van der Waals surface area contributed by atoms with Gasteiger partial charge in [0.15, 0.2) is 5.69 Å². The van der Waals surface area contributed by atoms with E-state index in [1.165, 1.54) is 5.69 Å². The van der Waals surface area contributed by atoms with Crippen molar-refractivity contribution in [2.75, 3.05) is 10.9 Å². The van der Waals surface area contributed by atoms with Gasteiger partial charge in [0.05, 0.1) is 23.6 Å². The van der Waals surface area contributed by atoms with Crippen LogP contribution in [0.3, 0.4) is 0 Å². The summed E-state index contributed by atoms with van der Waals surface area (Å²) in [5, 5.41) is 1.03. The number of hydrogen-bond acceptors (Lipinski definition) is 6. The molecule has 6 rings (SSSR count). The first-order chi connectivity index (χ1) is 19.4. The molecule has 4 aromatic rings. The van der Waals surface area contributed by atoms with E-state index in [2.05, 4.69) is 10.6 Å². The van der Waals surface area contributed by atoms with E-state index < -0.39 is 17.2 Å². The average molecular weight is 557 g/mol. The van der Waals surface area contributed by atoms with Crippen molar-refractivity contribution in [3.8, 4) is 11.1 Å². The van der Waals surface area contributed by atoms with Crippen LogP contribution in [0.4, 0.5) is 5.69 Å². The van der Waals surface area contributed by atoms with Crippen molar-refractivity contribution in [2.24, 2.45) is 5.92 Å². The molecule has 206 valence electrons. The number of para-hydroxylation sites is 1. The number of carbonyl (C=O) groups excluding carboxylic acids is 2. The van der Waals surface area contributed by atoms with Gasteiger partial charge in [-0.05, 0) is 80.3 Å². The average Bonchev–Trinajstić information content (AvgIpc) is 3.87. The van der Waals surface area contributed by atoms with E-state index in [1.54, 1.807) is 25.1 Å². The smallest absolute Gasteiger partial charge is 0.357 e. The first-order valence-electron chi connectivity index (χ1n) is 13.6. The Bertz CT molecular complexity index is 1640. The molecule has 0 saturated heterocycles. The minimum atomic E-state index is -2.71. The highest BCUT2D eigenvalue weighted by atomic mass is 32.2. The molecule has 40 heavy (non-hydrogen) atoms. The summed E-state index contributed by atoms with van der Waals surface area (Å²) >= 11 is -2.71. The number of fused-ring (bicyclic) bond motifs is 1. The summed E-state index contributed by atoms with van der Waals surface area (Å²) < 4.78 is 32.5. The molecule has 0 N–H and O–H groups in total. The van der Waals surface area contributed by atoms with Gasteiger partial charge in [0.1, 0.15) is 5.65 Å². The van der Waals surface area contributed by atoms with Crippen molar-refractivity contribution in [3.05, 3.63) is 83.2 Å². The first kappa shape index (κ1) is 26.4. The van der Waals surface area contributed by atoms with Gasteiger partial charge in [-0.25, -0.2) is 14.1 Å². The fraction of sp³-hybridized carbons (Fsp3) is 0.323. The van der Waals surface area contributed by atoms with Gasteiger partial charge < -0.3 is 13.9 Å². The number of hydrogen-bond donors (Lipinski definition) is 0. The number of nitrogens with zero attached hydrogens (tertiary/aromatic N) is 3. The molecule has 2 aromatic heterocycles. The van der Waals surface area contributed by atoms with Gasteiger partial charge in [-0.1, -0.05) is 42.5 Å². The number of esters is 1. The summed E-state index contributed by atoms with van der Waals surface area (Å²) in [6, 6.07) is 19.0. The summed E-state index contributed by atoms with van der Waals surface area (Å²) in [4.78, 5) is 30.0. The number of ether oxygens (including phenoxy) is 1. The van der Waals surface area contributed by atoms with Gasteiger partial charge in [-0.15, -0.1) is 0 Å². The second-order valence-electron chi connectivity index (χ2n) is 10.5. The molecule has 1 unspecified atom stereocenters. The van der Waals surface area contributed by atoms with E-state index >= 15 is 0 Å². The fourth-order valence-corrected chi connectivity index (χ4v) is 5.84. The van der Waals surface area contributed by atoms with Crippen LogP contribution in [0.15, 0.2) is 60.7 Å². The monoisotopic (exact) mass is 556 g/mol. The summed E-state index contributed by atoms with van der Waals surface area (Å²) in [5.41, 5.74) is 6.17. The molecule has 2 aliphatic rings. The molecule has 1 atom stereocenters. The lowest BCUT2D eigenvalue weighted by molar-refractivity contribution is -0.118. The van der Waals surface area contributed by atoms with Gasteiger partial charge in [-0.2, -0.15) is 0 Å². The van der Waals surface area contributed by atoms with Crippen LogP contribution in [0.1, 0.15) is 65.8 Å². The maximum Gasteiger partial charge on any atom is 0.357 e. The van der Waals surface area contributed by atoms with Gasteiger partial charge in [0.25, 0.3) is 0 Å². The third-order valence-corrected chi connectivity index (χ3v) is 8.26. The van der Waals surface area contributed by atoms with Gasteiger partial charge in [0, 0.05) is 29.1 Å². The minimum Gasteiger partial charge on any atom is -0.755 e. The zero-order valence-electron chi connectivity index (χ0n) is 22.5. The molecule has 2 aliphatic carbocycles. The maximum absolute atomic E-state index is 12.8. The molecule has 2 aromatic carbocycles. The quantitative estimate of drug-likeness (QED) is 0.195. The molecule has 0 aliphatic heterocycles. The lowest BCUT2D eigenvalue weighted by Crippen LogP contribution is -2.34. The first-order valence-corrected chi connectivity index (χ1v) is 14.7. The highest BCUT2D eigenvalue weighted by Gasteiger charge is 2.35. The topological polar surface area (TPSA) is 105 Å². The summed E-state index contributed by atoms with van der Waals surface area (Å²) in [5.74, 6) is -0.556. The van der Waals surface area contributed by atoms with Crippen molar-refractivity contribution in [1.82, 2.24) is 9.55 Å². The van der Waals surface area contributed by atoms with Crippen LogP contribution < -0.4 is 4.31 Å². The third kappa shape index (κ3) is 5.07. The Hall–Kier alpha value is -3.82. The van der Waals surface area contributed by atoms with Crippen molar-refractivity contribution in [3.63, 3.8) is 0 Å². The Labute approximate surface area is 235 Å². The molecule has 0 radical (unpaired) electrons. The predicted molar refractivity (Wildman–Crippen MR) is 153 cm³/mol. The lowest BCUT2D eigenvalue weighted by Gasteiger charge is -2.26. The Kier molecular flexibility index (Phi) is 7.02. The van der Waals surface area contributed by atoms with E-state index in [0.717, 1.165) is 57.7 Å². The fourth-order valence-electron chi connectivity index (χ4n) is 5.23. The number of aryl methyl sites for hydroxylation is 1. The van der Waals surface area contributed by atoms with Gasteiger partial charge in [-0.3, -0.25) is 9.00 Å². The molecule has 0 spiro atoms. The van der Waals surface area contributed by atoms with E-state index in [9.17, 15) is 18.4 Å².